The summed E-state index contributed by atoms with van der Waals surface area (Å²) >= 11 is 0. The van der Waals surface area contributed by atoms with Crippen LogP contribution in [0.4, 0.5) is 0 Å². The predicted octanol–water partition coefficient (Wildman–Crippen LogP) is 6.52. The van der Waals surface area contributed by atoms with Gasteiger partial charge in [-0.05, 0) is 83.3 Å². The second kappa shape index (κ2) is 7.63. The molecule has 4 aromatic rings. The molecule has 0 unspecified atom stereocenters. The lowest BCUT2D eigenvalue weighted by Crippen LogP contribution is -2.29. The number of phenols is 1. The Morgan fingerprint density at radius 2 is 1.12 bits per heavy atom. The second-order valence-electron chi connectivity index (χ2n) is 8.95. The summed E-state index contributed by atoms with van der Waals surface area (Å²) in [7, 11) is 0. The maximum atomic E-state index is 11.1. The fourth-order valence-corrected chi connectivity index (χ4v) is 5.60. The average molecular weight is 435 g/mol. The van der Waals surface area contributed by atoms with Crippen LogP contribution in [-0.4, -0.2) is 11.6 Å². The van der Waals surface area contributed by atoms with Crippen molar-refractivity contribution in [2.24, 2.45) is 0 Å². The highest BCUT2D eigenvalue weighted by Gasteiger charge is 2.46. The largest absolute Gasteiger partial charge is 0.507 e. The summed E-state index contributed by atoms with van der Waals surface area (Å²) in [5.74, 6) is 0.928. The number of phenolic OH excluding ortho intramolecular Hbond substituents is 1. The Labute approximate surface area is 194 Å². The van der Waals surface area contributed by atoms with Crippen LogP contribution in [0, 0.1) is 27.7 Å². The number of hydrogen-bond acceptors (Lipinski definition) is 3. The number of carbonyl (C=O) groups excluding carboxylic acids is 1. The average Bonchev–Trinajstić information content (AvgIpc) is 3.11. The summed E-state index contributed by atoms with van der Waals surface area (Å²) in [4.78, 5) is 11.1. The molecule has 0 bridgehead atoms. The minimum absolute atomic E-state index is 0.329. The van der Waals surface area contributed by atoms with E-state index in [0.29, 0.717) is 18.0 Å². The normalized spacial score (nSPS) is 13.3. The Morgan fingerprint density at radius 3 is 1.58 bits per heavy atom. The Kier molecular flexibility index (Phi) is 4.86. The van der Waals surface area contributed by atoms with Gasteiger partial charge in [-0.25, -0.2) is 0 Å². The number of carbonyl (C=O) groups is 1. The van der Waals surface area contributed by atoms with Crippen molar-refractivity contribution in [2.75, 3.05) is 0 Å². The van der Waals surface area contributed by atoms with Gasteiger partial charge in [0, 0.05) is 0 Å². The molecule has 0 fully saturated rings. The van der Waals surface area contributed by atoms with Crippen LogP contribution in [-0.2, 0) is 10.2 Å². The number of hydrogen-bond donors (Lipinski definition) is 1. The molecule has 33 heavy (non-hydrogen) atoms. The Hall–Kier alpha value is -3.85. The van der Waals surface area contributed by atoms with E-state index in [0.717, 1.165) is 33.4 Å². The molecule has 0 saturated heterocycles. The van der Waals surface area contributed by atoms with E-state index in [1.807, 2.05) is 27.7 Å². The zero-order valence-electron chi connectivity index (χ0n) is 19.3. The highest BCUT2D eigenvalue weighted by molar-refractivity contribution is 5.86. The molecule has 0 heterocycles. The minimum Gasteiger partial charge on any atom is -0.507 e. The molecule has 1 N–H and O–H groups in total. The van der Waals surface area contributed by atoms with Gasteiger partial charge in [-0.15, -0.1) is 0 Å². The van der Waals surface area contributed by atoms with Crippen molar-refractivity contribution in [3.63, 3.8) is 0 Å². The van der Waals surface area contributed by atoms with Crippen molar-refractivity contribution in [3.05, 3.63) is 117 Å². The lowest BCUT2D eigenvalue weighted by molar-refractivity contribution is -0.120. The van der Waals surface area contributed by atoms with Crippen molar-refractivity contribution in [1.82, 2.24) is 0 Å². The first kappa shape index (κ1) is 21.0. The molecule has 0 aliphatic heterocycles. The van der Waals surface area contributed by atoms with Gasteiger partial charge in [-0.2, -0.15) is 0 Å². The van der Waals surface area contributed by atoms with E-state index >= 15 is 0 Å². The van der Waals surface area contributed by atoms with Crippen LogP contribution in [0.1, 0.15) is 44.5 Å². The van der Waals surface area contributed by atoms with Gasteiger partial charge in [0.15, 0.2) is 0 Å². The molecule has 0 atom stereocenters. The Bertz CT molecular complexity index is 1320. The molecule has 0 amide bonds. The second-order valence-corrected chi connectivity index (χ2v) is 8.95. The number of rotatable bonds is 4. The van der Waals surface area contributed by atoms with Crippen LogP contribution in [0.3, 0.4) is 0 Å². The van der Waals surface area contributed by atoms with Gasteiger partial charge < -0.3 is 9.84 Å². The van der Waals surface area contributed by atoms with Gasteiger partial charge in [-0.1, -0.05) is 72.8 Å². The summed E-state index contributed by atoms with van der Waals surface area (Å²) in [5, 5.41) is 10.6. The first-order chi connectivity index (χ1) is 15.9. The van der Waals surface area contributed by atoms with Crippen molar-refractivity contribution < 1.29 is 14.6 Å². The number of benzene rings is 4. The van der Waals surface area contributed by atoms with Crippen LogP contribution in [0.2, 0.25) is 0 Å². The summed E-state index contributed by atoms with van der Waals surface area (Å²) in [6.07, 6.45) is 0. The first-order valence-corrected chi connectivity index (χ1v) is 11.1. The molecule has 0 saturated carbocycles. The van der Waals surface area contributed by atoms with E-state index in [1.54, 1.807) is 0 Å². The van der Waals surface area contributed by atoms with Gasteiger partial charge in [0.25, 0.3) is 6.47 Å². The molecule has 5 rings (SSSR count). The lowest BCUT2D eigenvalue weighted by atomic mass is 9.66. The predicted molar refractivity (Wildman–Crippen MR) is 131 cm³/mol. The van der Waals surface area contributed by atoms with Crippen LogP contribution in [0.25, 0.3) is 11.1 Å². The van der Waals surface area contributed by atoms with Gasteiger partial charge in [0.2, 0.25) is 0 Å². The molecule has 1 aliphatic rings. The van der Waals surface area contributed by atoms with Gasteiger partial charge in [-0.3, -0.25) is 4.79 Å². The quantitative estimate of drug-likeness (QED) is 0.327. The fraction of sp³-hybridized carbons (Fsp3) is 0.167. The summed E-state index contributed by atoms with van der Waals surface area (Å²) in [5.41, 5.74) is 9.99. The zero-order chi connectivity index (χ0) is 23.3. The molecule has 3 nitrogen and oxygen atoms in total. The van der Waals surface area contributed by atoms with E-state index in [-0.39, 0.29) is 0 Å². The van der Waals surface area contributed by atoms with Gasteiger partial charge in [0.05, 0.1) is 5.41 Å². The van der Waals surface area contributed by atoms with Crippen LogP contribution in [0.15, 0.2) is 72.8 Å². The SMILES string of the molecule is Cc1cc(C2(c3cc(C)c(OC=O)c(C)c3)c3ccccc3-c3ccccc32)cc(C)c1O. The van der Waals surface area contributed by atoms with Crippen LogP contribution in [0.5, 0.6) is 11.5 Å². The van der Waals surface area contributed by atoms with E-state index in [1.165, 1.54) is 22.3 Å². The van der Waals surface area contributed by atoms with Gasteiger partial charge >= 0.3 is 0 Å². The monoisotopic (exact) mass is 434 g/mol. The van der Waals surface area contributed by atoms with E-state index in [9.17, 15) is 9.90 Å². The van der Waals surface area contributed by atoms with Crippen molar-refractivity contribution in [3.8, 4) is 22.6 Å². The molecule has 0 radical (unpaired) electrons. The molecule has 0 aromatic heterocycles. The number of ether oxygens (including phenoxy) is 1. The van der Waals surface area contributed by atoms with E-state index < -0.39 is 5.41 Å². The highest BCUT2D eigenvalue weighted by Crippen LogP contribution is 2.57. The van der Waals surface area contributed by atoms with E-state index in [4.69, 9.17) is 4.74 Å². The van der Waals surface area contributed by atoms with Crippen molar-refractivity contribution in [1.29, 1.82) is 0 Å². The third-order valence-electron chi connectivity index (χ3n) is 6.94. The Balaban J connectivity index is 1.96. The topological polar surface area (TPSA) is 46.5 Å². The number of aryl methyl sites for hydroxylation is 4. The zero-order valence-corrected chi connectivity index (χ0v) is 19.3. The molecule has 1 aliphatic carbocycles. The highest BCUT2D eigenvalue weighted by atomic mass is 16.5. The summed E-state index contributed by atoms with van der Waals surface area (Å²) in [6.45, 7) is 8.33. The van der Waals surface area contributed by atoms with Crippen LogP contribution >= 0.6 is 0 Å². The lowest BCUT2D eigenvalue weighted by Gasteiger charge is -2.35. The molecule has 164 valence electrons. The van der Waals surface area contributed by atoms with E-state index in [2.05, 4.69) is 72.8 Å². The van der Waals surface area contributed by atoms with Crippen molar-refractivity contribution >= 4 is 6.47 Å². The van der Waals surface area contributed by atoms with Gasteiger partial charge in [0.1, 0.15) is 11.5 Å². The number of aromatic hydroxyl groups is 1. The summed E-state index contributed by atoms with van der Waals surface area (Å²) < 4.78 is 5.30. The fourth-order valence-electron chi connectivity index (χ4n) is 5.60. The maximum absolute atomic E-state index is 11.1. The standard InChI is InChI=1S/C30H26O3/c1-18-13-22(14-19(2)28(18)32)30(23-15-20(3)29(33-17-31)21(4)16-23)26-11-7-5-9-24(26)25-10-6-8-12-27(25)30/h5-17,32H,1-4H3. The third-order valence-corrected chi connectivity index (χ3v) is 6.94. The smallest absolute Gasteiger partial charge is 0.298 e. The molecule has 0 spiro atoms. The maximum Gasteiger partial charge on any atom is 0.298 e. The summed E-state index contributed by atoms with van der Waals surface area (Å²) in [6, 6.07) is 25.5. The molecule has 4 aromatic carbocycles. The minimum atomic E-state index is -0.564. The third kappa shape index (κ3) is 2.92. The molecular weight excluding hydrogens is 408 g/mol. The molecular formula is C30H26O3. The molecule has 3 heteroatoms. The number of fused-ring (bicyclic) bond motifs is 3. The first-order valence-electron chi connectivity index (χ1n) is 11.1. The van der Waals surface area contributed by atoms with Crippen molar-refractivity contribution in [2.45, 2.75) is 33.1 Å². The van der Waals surface area contributed by atoms with Crippen LogP contribution < -0.4 is 4.74 Å². The Morgan fingerprint density at radius 1 is 0.697 bits per heavy atom.